The number of anilines is 1. The molecule has 5 nitrogen and oxygen atoms in total. The molecule has 0 atom stereocenters. The molecule has 0 fully saturated rings. The molecule has 2 rings (SSSR count). The van der Waals surface area contributed by atoms with Crippen LogP contribution in [0.2, 0.25) is 10.0 Å². The molecule has 118 valence electrons. The number of halogens is 2. The lowest BCUT2D eigenvalue weighted by atomic mass is 10.2. The van der Waals surface area contributed by atoms with Crippen molar-refractivity contribution in [2.24, 2.45) is 0 Å². The number of esters is 1. The van der Waals surface area contributed by atoms with Gasteiger partial charge in [-0.2, -0.15) is 5.26 Å². The standard InChI is InChI=1S/C16H13Cl2N3O2/c1-21(15-3-2-11(9-19)10-20-15)4-5-23-16(22)12-6-13(17)8-14(18)7-12/h2-3,6-8,10H,4-5H2,1H3. The van der Waals surface area contributed by atoms with E-state index in [-0.39, 0.29) is 6.61 Å². The normalized spacial score (nSPS) is 10.0. The first-order valence-corrected chi connectivity index (χ1v) is 7.45. The number of benzene rings is 1. The van der Waals surface area contributed by atoms with Crippen molar-refractivity contribution in [3.05, 3.63) is 57.7 Å². The van der Waals surface area contributed by atoms with Crippen molar-refractivity contribution in [1.82, 2.24) is 4.98 Å². The predicted molar refractivity (Wildman–Crippen MR) is 89.0 cm³/mol. The van der Waals surface area contributed by atoms with Gasteiger partial charge in [0.2, 0.25) is 0 Å². The van der Waals surface area contributed by atoms with Crippen LogP contribution < -0.4 is 4.90 Å². The second-order valence-corrected chi connectivity index (χ2v) is 5.61. The third-order valence-corrected chi connectivity index (χ3v) is 3.46. The number of hydrogen-bond donors (Lipinski definition) is 0. The van der Waals surface area contributed by atoms with Crippen LogP contribution in [0.1, 0.15) is 15.9 Å². The van der Waals surface area contributed by atoms with Crippen LogP contribution in [0.5, 0.6) is 0 Å². The Hall–Kier alpha value is -2.29. The molecule has 1 aromatic heterocycles. The molecule has 0 unspecified atom stereocenters. The highest BCUT2D eigenvalue weighted by atomic mass is 35.5. The minimum absolute atomic E-state index is 0.182. The summed E-state index contributed by atoms with van der Waals surface area (Å²) in [6.07, 6.45) is 1.49. The van der Waals surface area contributed by atoms with Crippen molar-refractivity contribution in [2.45, 2.75) is 0 Å². The summed E-state index contributed by atoms with van der Waals surface area (Å²) < 4.78 is 5.20. The van der Waals surface area contributed by atoms with Crippen LogP contribution in [0.4, 0.5) is 5.82 Å². The van der Waals surface area contributed by atoms with Crippen molar-refractivity contribution in [2.75, 3.05) is 25.1 Å². The van der Waals surface area contributed by atoms with Gasteiger partial charge in [-0.05, 0) is 30.3 Å². The van der Waals surface area contributed by atoms with Gasteiger partial charge < -0.3 is 9.64 Å². The third-order valence-electron chi connectivity index (χ3n) is 3.03. The smallest absolute Gasteiger partial charge is 0.338 e. The maximum Gasteiger partial charge on any atom is 0.338 e. The lowest BCUT2D eigenvalue weighted by Gasteiger charge is -2.17. The summed E-state index contributed by atoms with van der Waals surface area (Å²) in [5.74, 6) is 0.196. The second-order valence-electron chi connectivity index (χ2n) is 4.73. The Morgan fingerprint density at radius 1 is 1.30 bits per heavy atom. The molecule has 0 amide bonds. The molecule has 1 aromatic carbocycles. The van der Waals surface area contributed by atoms with E-state index in [9.17, 15) is 4.79 Å². The Morgan fingerprint density at radius 2 is 2.00 bits per heavy atom. The van der Waals surface area contributed by atoms with Crippen molar-refractivity contribution in [1.29, 1.82) is 5.26 Å². The zero-order valence-electron chi connectivity index (χ0n) is 12.3. The molecule has 23 heavy (non-hydrogen) atoms. The zero-order chi connectivity index (χ0) is 16.8. The monoisotopic (exact) mass is 349 g/mol. The molecule has 1 heterocycles. The first-order valence-electron chi connectivity index (χ1n) is 6.70. The number of aromatic nitrogens is 1. The largest absolute Gasteiger partial charge is 0.460 e. The van der Waals surface area contributed by atoms with Gasteiger partial charge in [-0.25, -0.2) is 9.78 Å². The van der Waals surface area contributed by atoms with Gasteiger partial charge in [0.25, 0.3) is 0 Å². The summed E-state index contributed by atoms with van der Waals surface area (Å²) in [4.78, 5) is 17.9. The molecule has 0 spiro atoms. The molecule has 7 heteroatoms. The fourth-order valence-electron chi connectivity index (χ4n) is 1.82. The van der Waals surface area contributed by atoms with Crippen LogP contribution in [-0.4, -0.2) is 31.2 Å². The third kappa shape index (κ3) is 4.85. The van der Waals surface area contributed by atoms with Crippen LogP contribution >= 0.6 is 23.2 Å². The molecule has 2 aromatic rings. The molecule has 0 aliphatic carbocycles. The van der Waals surface area contributed by atoms with Gasteiger partial charge >= 0.3 is 5.97 Å². The number of ether oxygens (including phenoxy) is 1. The van der Waals surface area contributed by atoms with Crippen LogP contribution in [0, 0.1) is 11.3 Å². The summed E-state index contributed by atoms with van der Waals surface area (Å²) in [5, 5.41) is 9.49. The zero-order valence-corrected chi connectivity index (χ0v) is 13.8. The van der Waals surface area contributed by atoms with Gasteiger partial charge in [0.05, 0.1) is 17.7 Å². The average molecular weight is 350 g/mol. The van der Waals surface area contributed by atoms with E-state index in [0.29, 0.717) is 33.5 Å². The highest BCUT2D eigenvalue weighted by Gasteiger charge is 2.10. The van der Waals surface area contributed by atoms with Crippen molar-refractivity contribution >= 4 is 35.0 Å². The summed E-state index contributed by atoms with van der Waals surface area (Å²) in [5.41, 5.74) is 0.799. The maximum atomic E-state index is 11.9. The Balaban J connectivity index is 1.88. The van der Waals surface area contributed by atoms with Gasteiger partial charge in [0, 0.05) is 23.3 Å². The fraction of sp³-hybridized carbons (Fsp3) is 0.188. The molecule has 0 aliphatic rings. The highest BCUT2D eigenvalue weighted by Crippen LogP contribution is 2.19. The van der Waals surface area contributed by atoms with Crippen LogP contribution in [0.15, 0.2) is 36.5 Å². The topological polar surface area (TPSA) is 66.2 Å². The van der Waals surface area contributed by atoms with Gasteiger partial charge in [0.1, 0.15) is 18.5 Å². The second kappa shape index (κ2) is 7.82. The number of nitriles is 1. The van der Waals surface area contributed by atoms with Gasteiger partial charge in [0.15, 0.2) is 0 Å². The molecule has 0 saturated carbocycles. The van der Waals surface area contributed by atoms with Crippen LogP contribution in [-0.2, 0) is 4.74 Å². The van der Waals surface area contributed by atoms with E-state index in [1.54, 1.807) is 18.2 Å². The quantitative estimate of drug-likeness (QED) is 0.772. The Kier molecular flexibility index (Phi) is 5.80. The van der Waals surface area contributed by atoms with Crippen LogP contribution in [0.3, 0.4) is 0 Å². The molecule has 0 N–H and O–H groups in total. The maximum absolute atomic E-state index is 11.9. The van der Waals surface area contributed by atoms with Gasteiger partial charge in [-0.1, -0.05) is 23.2 Å². The van der Waals surface area contributed by atoms with Crippen molar-refractivity contribution in [3.8, 4) is 6.07 Å². The molecule has 0 bridgehead atoms. The van der Waals surface area contributed by atoms with E-state index in [1.165, 1.54) is 18.3 Å². The van der Waals surface area contributed by atoms with E-state index in [1.807, 2.05) is 18.0 Å². The summed E-state index contributed by atoms with van der Waals surface area (Å²) in [6.45, 7) is 0.639. The predicted octanol–water partition coefficient (Wildman–Crippen LogP) is 3.55. The number of rotatable bonds is 5. The minimum Gasteiger partial charge on any atom is -0.460 e. The van der Waals surface area contributed by atoms with E-state index in [0.717, 1.165) is 0 Å². The van der Waals surface area contributed by atoms with Gasteiger partial charge in [-0.3, -0.25) is 0 Å². The molecule has 0 aliphatic heterocycles. The fourth-order valence-corrected chi connectivity index (χ4v) is 2.35. The Labute approximate surface area is 144 Å². The average Bonchev–Trinajstić information content (AvgIpc) is 2.53. The molecule has 0 saturated heterocycles. The summed E-state index contributed by atoms with van der Waals surface area (Å²) >= 11 is 11.7. The van der Waals surface area contributed by atoms with Crippen molar-refractivity contribution in [3.63, 3.8) is 0 Å². The number of pyridine rings is 1. The Bertz CT molecular complexity index is 722. The number of likely N-dealkylation sites (N-methyl/N-ethyl adjacent to an activating group) is 1. The number of nitrogens with zero attached hydrogens (tertiary/aromatic N) is 3. The van der Waals surface area contributed by atoms with E-state index >= 15 is 0 Å². The minimum atomic E-state index is -0.490. The van der Waals surface area contributed by atoms with E-state index in [4.69, 9.17) is 33.2 Å². The summed E-state index contributed by atoms with van der Waals surface area (Å²) in [7, 11) is 1.82. The first kappa shape index (κ1) is 17.1. The number of carbonyl (C=O) groups excluding carboxylic acids is 1. The molecule has 0 radical (unpaired) electrons. The van der Waals surface area contributed by atoms with Crippen molar-refractivity contribution < 1.29 is 9.53 Å². The highest BCUT2D eigenvalue weighted by molar-refractivity contribution is 6.35. The number of carbonyl (C=O) groups is 1. The lowest BCUT2D eigenvalue weighted by molar-refractivity contribution is 0.0516. The SMILES string of the molecule is CN(CCOC(=O)c1cc(Cl)cc(Cl)c1)c1ccc(C#N)cn1. The number of hydrogen-bond acceptors (Lipinski definition) is 5. The molecular formula is C16H13Cl2N3O2. The first-order chi connectivity index (χ1) is 11.0. The van der Waals surface area contributed by atoms with E-state index < -0.39 is 5.97 Å². The van der Waals surface area contributed by atoms with Crippen LogP contribution in [0.25, 0.3) is 0 Å². The summed E-state index contributed by atoms with van der Waals surface area (Å²) in [6, 6.07) is 9.97. The molecular weight excluding hydrogens is 337 g/mol. The Morgan fingerprint density at radius 3 is 2.57 bits per heavy atom. The van der Waals surface area contributed by atoms with Gasteiger partial charge in [-0.15, -0.1) is 0 Å². The lowest BCUT2D eigenvalue weighted by Crippen LogP contribution is -2.24. The van der Waals surface area contributed by atoms with E-state index in [2.05, 4.69) is 4.98 Å².